The highest BCUT2D eigenvalue weighted by molar-refractivity contribution is 6.31. The molecule has 0 N–H and O–H groups in total. The van der Waals surface area contributed by atoms with Gasteiger partial charge in [0.2, 0.25) is 0 Å². The Morgan fingerprint density at radius 1 is 1.19 bits per heavy atom. The molecule has 21 heavy (non-hydrogen) atoms. The van der Waals surface area contributed by atoms with Gasteiger partial charge in [-0.15, -0.1) is 11.6 Å². The highest BCUT2D eigenvalue weighted by atomic mass is 35.5. The molecule has 1 heterocycles. The first-order valence-corrected chi connectivity index (χ1v) is 7.60. The number of rotatable bonds is 4. The molecule has 0 unspecified atom stereocenters. The van der Waals surface area contributed by atoms with E-state index in [0.29, 0.717) is 17.5 Å². The molecular formula is C16H14Cl2N2O. The normalized spacial score (nSPS) is 11.0. The smallest absolute Gasteiger partial charge is 0.129 e. The maximum absolute atomic E-state index is 6.11. The van der Waals surface area contributed by atoms with E-state index in [2.05, 4.69) is 4.98 Å². The van der Waals surface area contributed by atoms with Gasteiger partial charge in [0.15, 0.2) is 0 Å². The van der Waals surface area contributed by atoms with Crippen LogP contribution in [-0.4, -0.2) is 16.2 Å². The molecule has 3 nitrogen and oxygen atoms in total. The van der Waals surface area contributed by atoms with Crippen molar-refractivity contribution < 1.29 is 4.74 Å². The zero-order valence-corrected chi connectivity index (χ0v) is 13.0. The highest BCUT2D eigenvalue weighted by Gasteiger charge is 2.12. The van der Waals surface area contributed by atoms with E-state index in [1.165, 1.54) is 0 Å². The van der Waals surface area contributed by atoms with Crippen LogP contribution in [0, 0.1) is 0 Å². The quantitative estimate of drug-likeness (QED) is 0.644. The van der Waals surface area contributed by atoms with Gasteiger partial charge in [0.05, 0.1) is 29.2 Å². The second-order valence-corrected chi connectivity index (χ2v) is 5.26. The van der Waals surface area contributed by atoms with Crippen LogP contribution in [0.5, 0.6) is 5.75 Å². The van der Waals surface area contributed by atoms with E-state index in [0.717, 1.165) is 28.3 Å². The molecule has 0 aliphatic rings. The van der Waals surface area contributed by atoms with Gasteiger partial charge in [-0.3, -0.25) is 4.57 Å². The van der Waals surface area contributed by atoms with Crippen LogP contribution < -0.4 is 4.74 Å². The van der Waals surface area contributed by atoms with Gasteiger partial charge in [-0.25, -0.2) is 4.98 Å². The summed E-state index contributed by atoms with van der Waals surface area (Å²) in [6.45, 7) is 2.59. The minimum Gasteiger partial charge on any atom is -0.494 e. The lowest BCUT2D eigenvalue weighted by Gasteiger charge is -2.10. The van der Waals surface area contributed by atoms with E-state index >= 15 is 0 Å². The van der Waals surface area contributed by atoms with Crippen molar-refractivity contribution in [1.82, 2.24) is 9.55 Å². The number of hydrogen-bond acceptors (Lipinski definition) is 2. The molecule has 0 aliphatic carbocycles. The minimum atomic E-state index is 0.325. The summed E-state index contributed by atoms with van der Waals surface area (Å²) in [6.07, 6.45) is 0. The zero-order valence-electron chi connectivity index (χ0n) is 11.5. The van der Waals surface area contributed by atoms with Crippen LogP contribution >= 0.6 is 23.2 Å². The van der Waals surface area contributed by atoms with Crippen molar-refractivity contribution >= 4 is 34.2 Å². The fourth-order valence-electron chi connectivity index (χ4n) is 2.36. The fourth-order valence-corrected chi connectivity index (χ4v) is 2.70. The molecule has 0 atom stereocenters. The number of imidazole rings is 1. The number of fused-ring (bicyclic) bond motifs is 1. The van der Waals surface area contributed by atoms with Crippen molar-refractivity contribution in [3.8, 4) is 11.4 Å². The highest BCUT2D eigenvalue weighted by Crippen LogP contribution is 2.27. The fraction of sp³-hybridized carbons (Fsp3) is 0.188. The van der Waals surface area contributed by atoms with Gasteiger partial charge in [-0.2, -0.15) is 0 Å². The number of alkyl halides is 1. The molecule has 1 aromatic heterocycles. The van der Waals surface area contributed by atoms with Gasteiger partial charge >= 0.3 is 0 Å². The SMILES string of the molecule is CCOc1cccc(-n2c(CCl)nc3ccc(Cl)cc32)c1. The van der Waals surface area contributed by atoms with Gasteiger partial charge in [0, 0.05) is 11.1 Å². The number of ether oxygens (including phenoxy) is 1. The number of hydrogen-bond donors (Lipinski definition) is 0. The molecule has 0 saturated carbocycles. The van der Waals surface area contributed by atoms with Gasteiger partial charge in [-0.1, -0.05) is 17.7 Å². The molecule has 0 amide bonds. The summed E-state index contributed by atoms with van der Waals surface area (Å²) < 4.78 is 7.57. The maximum Gasteiger partial charge on any atom is 0.129 e. The summed E-state index contributed by atoms with van der Waals surface area (Å²) in [6, 6.07) is 13.5. The zero-order chi connectivity index (χ0) is 14.8. The Morgan fingerprint density at radius 3 is 2.81 bits per heavy atom. The monoisotopic (exact) mass is 320 g/mol. The Bertz CT molecular complexity index is 783. The lowest BCUT2D eigenvalue weighted by molar-refractivity contribution is 0.340. The van der Waals surface area contributed by atoms with Crippen LogP contribution in [0.3, 0.4) is 0 Å². The van der Waals surface area contributed by atoms with E-state index in [9.17, 15) is 0 Å². The molecular weight excluding hydrogens is 307 g/mol. The third kappa shape index (κ3) is 2.71. The Labute approximate surface area is 133 Å². The molecule has 0 spiro atoms. The lowest BCUT2D eigenvalue weighted by atomic mass is 10.2. The van der Waals surface area contributed by atoms with Crippen molar-refractivity contribution in [1.29, 1.82) is 0 Å². The van der Waals surface area contributed by atoms with Crippen LogP contribution in [0.4, 0.5) is 0 Å². The number of nitrogens with zero attached hydrogens (tertiary/aromatic N) is 2. The molecule has 0 bridgehead atoms. The lowest BCUT2D eigenvalue weighted by Crippen LogP contribution is -2.00. The van der Waals surface area contributed by atoms with Crippen molar-refractivity contribution in [2.45, 2.75) is 12.8 Å². The average Bonchev–Trinajstić information content (AvgIpc) is 2.85. The standard InChI is InChI=1S/C16H14Cl2N2O/c1-2-21-13-5-3-4-12(9-13)20-15-8-11(18)6-7-14(15)19-16(20)10-17/h3-9H,2,10H2,1H3. The molecule has 3 aromatic rings. The number of aromatic nitrogens is 2. The van der Waals surface area contributed by atoms with Crippen LogP contribution in [0.15, 0.2) is 42.5 Å². The van der Waals surface area contributed by atoms with Crippen molar-refractivity contribution in [2.75, 3.05) is 6.61 Å². The van der Waals surface area contributed by atoms with Crippen molar-refractivity contribution in [3.05, 3.63) is 53.3 Å². The summed E-state index contributed by atoms with van der Waals surface area (Å²) in [5.74, 6) is 1.92. The summed E-state index contributed by atoms with van der Waals surface area (Å²) in [4.78, 5) is 4.56. The van der Waals surface area contributed by atoms with E-state index < -0.39 is 0 Å². The second kappa shape index (κ2) is 5.96. The first-order valence-electron chi connectivity index (χ1n) is 6.69. The Hall–Kier alpha value is -1.71. The Balaban J connectivity index is 2.22. The Kier molecular flexibility index (Phi) is 4.04. The molecule has 2 aromatic carbocycles. The summed E-state index contributed by atoms with van der Waals surface area (Å²) in [7, 11) is 0. The first kappa shape index (κ1) is 14.2. The van der Waals surface area contributed by atoms with E-state index in [1.54, 1.807) is 0 Å². The molecule has 0 radical (unpaired) electrons. The Morgan fingerprint density at radius 2 is 2.05 bits per heavy atom. The largest absolute Gasteiger partial charge is 0.494 e. The summed E-state index contributed by atoms with van der Waals surface area (Å²) >= 11 is 12.2. The van der Waals surface area contributed by atoms with Gasteiger partial charge in [0.1, 0.15) is 11.6 Å². The molecule has 0 saturated heterocycles. The number of benzene rings is 2. The first-order chi connectivity index (χ1) is 10.2. The number of halogens is 2. The molecule has 5 heteroatoms. The van der Waals surface area contributed by atoms with Crippen molar-refractivity contribution in [3.63, 3.8) is 0 Å². The average molecular weight is 321 g/mol. The molecule has 0 aliphatic heterocycles. The van der Waals surface area contributed by atoms with Gasteiger partial charge in [0.25, 0.3) is 0 Å². The van der Waals surface area contributed by atoms with Crippen LogP contribution in [0.2, 0.25) is 5.02 Å². The van der Waals surface area contributed by atoms with Crippen LogP contribution in [-0.2, 0) is 5.88 Å². The molecule has 108 valence electrons. The molecule has 3 rings (SSSR count). The summed E-state index contributed by atoms with van der Waals surface area (Å²) in [5.41, 5.74) is 2.77. The van der Waals surface area contributed by atoms with Crippen LogP contribution in [0.1, 0.15) is 12.7 Å². The third-order valence-corrected chi connectivity index (χ3v) is 3.67. The predicted molar refractivity (Wildman–Crippen MR) is 86.8 cm³/mol. The molecule has 0 fully saturated rings. The van der Waals surface area contributed by atoms with E-state index in [1.807, 2.05) is 54.0 Å². The second-order valence-electron chi connectivity index (χ2n) is 4.56. The third-order valence-electron chi connectivity index (χ3n) is 3.19. The minimum absolute atomic E-state index is 0.325. The topological polar surface area (TPSA) is 27.1 Å². The van der Waals surface area contributed by atoms with E-state index in [-0.39, 0.29) is 0 Å². The van der Waals surface area contributed by atoms with Gasteiger partial charge in [-0.05, 0) is 37.3 Å². The van der Waals surface area contributed by atoms with E-state index in [4.69, 9.17) is 27.9 Å². The van der Waals surface area contributed by atoms with Gasteiger partial charge < -0.3 is 4.74 Å². The maximum atomic E-state index is 6.11. The summed E-state index contributed by atoms with van der Waals surface area (Å²) in [5, 5.41) is 0.672. The van der Waals surface area contributed by atoms with Crippen molar-refractivity contribution in [2.24, 2.45) is 0 Å². The predicted octanol–water partition coefficient (Wildman–Crippen LogP) is 4.82. The van der Waals surface area contributed by atoms with Crippen LogP contribution in [0.25, 0.3) is 16.7 Å².